The van der Waals surface area contributed by atoms with Gasteiger partial charge in [0.1, 0.15) is 0 Å². The molecule has 0 radical (unpaired) electrons. The van der Waals surface area contributed by atoms with E-state index in [1.54, 1.807) is 0 Å². The third-order valence-electron chi connectivity index (χ3n) is 2.71. The smallest absolute Gasteiger partial charge is 0.236 e. The fraction of sp³-hybridized carbons (Fsp3) is 0.900. The highest BCUT2D eigenvalue weighted by molar-refractivity contribution is 5.79. The van der Waals surface area contributed by atoms with Gasteiger partial charge in [-0.2, -0.15) is 0 Å². The van der Waals surface area contributed by atoms with Gasteiger partial charge in [-0.15, -0.1) is 0 Å². The minimum Gasteiger partial charge on any atom is -0.340 e. The Kier molecular flexibility index (Phi) is 5.60. The monoisotopic (exact) mass is 214 g/mol. The highest BCUT2D eigenvalue weighted by Gasteiger charge is 2.22. The van der Waals surface area contributed by atoms with Gasteiger partial charge >= 0.3 is 0 Å². The van der Waals surface area contributed by atoms with Gasteiger partial charge < -0.3 is 16.4 Å². The Balaban J connectivity index is 2.24. The number of carbonyl (C=O) groups excluding carboxylic acids is 1. The van der Waals surface area contributed by atoms with Crippen LogP contribution in [0.2, 0.25) is 0 Å². The van der Waals surface area contributed by atoms with Crippen LogP contribution in [-0.2, 0) is 4.79 Å². The van der Waals surface area contributed by atoms with Crippen molar-refractivity contribution in [3.05, 3.63) is 0 Å². The number of carbonyl (C=O) groups is 1. The van der Waals surface area contributed by atoms with Crippen molar-refractivity contribution >= 4 is 5.91 Å². The Morgan fingerprint density at radius 3 is 2.33 bits per heavy atom. The molecule has 5 heteroatoms. The number of hydrogen-bond acceptors (Lipinski definition) is 4. The summed E-state index contributed by atoms with van der Waals surface area (Å²) in [6, 6.07) is 0. The summed E-state index contributed by atoms with van der Waals surface area (Å²) < 4.78 is 0. The van der Waals surface area contributed by atoms with E-state index in [0.29, 0.717) is 19.6 Å². The first-order valence-corrected chi connectivity index (χ1v) is 5.68. The van der Waals surface area contributed by atoms with E-state index in [1.165, 1.54) is 0 Å². The predicted molar refractivity (Wildman–Crippen MR) is 60.4 cm³/mol. The Morgan fingerprint density at radius 1 is 1.07 bits per heavy atom. The van der Waals surface area contributed by atoms with E-state index < -0.39 is 0 Å². The van der Waals surface area contributed by atoms with Crippen molar-refractivity contribution in [3.8, 4) is 0 Å². The van der Waals surface area contributed by atoms with Crippen LogP contribution in [0.5, 0.6) is 0 Å². The minimum absolute atomic E-state index is 0.228. The number of piperazine rings is 1. The number of hydrogen-bond donors (Lipinski definition) is 2. The van der Waals surface area contributed by atoms with Gasteiger partial charge in [0.25, 0.3) is 0 Å². The van der Waals surface area contributed by atoms with Crippen LogP contribution < -0.4 is 11.5 Å². The largest absolute Gasteiger partial charge is 0.340 e. The van der Waals surface area contributed by atoms with Gasteiger partial charge in [0.05, 0.1) is 6.54 Å². The molecule has 1 rings (SSSR count). The average molecular weight is 214 g/mol. The fourth-order valence-corrected chi connectivity index (χ4v) is 1.78. The van der Waals surface area contributed by atoms with Gasteiger partial charge in [-0.25, -0.2) is 0 Å². The number of amides is 1. The van der Waals surface area contributed by atoms with Gasteiger partial charge in [-0.1, -0.05) is 0 Å². The zero-order valence-electron chi connectivity index (χ0n) is 9.32. The van der Waals surface area contributed by atoms with Crippen molar-refractivity contribution < 1.29 is 4.79 Å². The van der Waals surface area contributed by atoms with E-state index >= 15 is 0 Å². The SMILES string of the molecule is NCCCN1CCN(CCCN)C(=O)C1. The zero-order chi connectivity index (χ0) is 11.1. The van der Waals surface area contributed by atoms with Crippen molar-refractivity contribution in [2.45, 2.75) is 12.8 Å². The Labute approximate surface area is 91.4 Å². The van der Waals surface area contributed by atoms with E-state index in [1.807, 2.05) is 4.90 Å². The average Bonchev–Trinajstić information content (AvgIpc) is 2.25. The standard InChI is InChI=1S/C10H22N4O/c11-3-1-5-13-7-8-14(6-2-4-12)10(15)9-13/h1-9,11-12H2. The first kappa shape index (κ1) is 12.4. The molecule has 1 aliphatic heterocycles. The lowest BCUT2D eigenvalue weighted by molar-refractivity contribution is -0.136. The molecule has 1 aliphatic rings. The summed E-state index contributed by atoms with van der Waals surface area (Å²) in [4.78, 5) is 15.8. The first-order valence-electron chi connectivity index (χ1n) is 5.68. The van der Waals surface area contributed by atoms with Crippen molar-refractivity contribution in [1.82, 2.24) is 9.80 Å². The molecule has 0 bridgehead atoms. The molecule has 1 heterocycles. The third-order valence-corrected chi connectivity index (χ3v) is 2.71. The molecule has 0 unspecified atom stereocenters. The molecule has 0 aliphatic carbocycles. The van der Waals surface area contributed by atoms with Crippen LogP contribution in [-0.4, -0.2) is 61.5 Å². The molecule has 0 saturated carbocycles. The quantitative estimate of drug-likeness (QED) is 0.584. The number of rotatable bonds is 6. The highest BCUT2D eigenvalue weighted by Crippen LogP contribution is 2.04. The maximum Gasteiger partial charge on any atom is 0.236 e. The van der Waals surface area contributed by atoms with Gasteiger partial charge in [0.2, 0.25) is 5.91 Å². The van der Waals surface area contributed by atoms with E-state index in [2.05, 4.69) is 4.90 Å². The van der Waals surface area contributed by atoms with Crippen molar-refractivity contribution in [2.75, 3.05) is 45.8 Å². The van der Waals surface area contributed by atoms with Crippen molar-refractivity contribution in [1.29, 1.82) is 0 Å². The van der Waals surface area contributed by atoms with Gasteiger partial charge in [0.15, 0.2) is 0 Å². The molecule has 1 fully saturated rings. The summed E-state index contributed by atoms with van der Waals surface area (Å²) in [5, 5.41) is 0. The summed E-state index contributed by atoms with van der Waals surface area (Å²) in [6.45, 7) is 5.44. The number of nitrogens with zero attached hydrogens (tertiary/aromatic N) is 2. The molecule has 4 N–H and O–H groups in total. The van der Waals surface area contributed by atoms with Crippen LogP contribution in [0.15, 0.2) is 0 Å². The maximum atomic E-state index is 11.7. The second-order valence-corrected chi connectivity index (χ2v) is 3.94. The molecule has 5 nitrogen and oxygen atoms in total. The maximum absolute atomic E-state index is 11.7. The molecular weight excluding hydrogens is 192 g/mol. The molecule has 1 saturated heterocycles. The summed E-state index contributed by atoms with van der Waals surface area (Å²) in [5.74, 6) is 0.228. The molecular formula is C10H22N4O. The van der Waals surface area contributed by atoms with Gasteiger partial charge in [-0.05, 0) is 32.5 Å². The summed E-state index contributed by atoms with van der Waals surface area (Å²) in [6.07, 6.45) is 1.87. The Hall–Kier alpha value is -0.650. The van der Waals surface area contributed by atoms with Crippen LogP contribution >= 0.6 is 0 Å². The first-order chi connectivity index (χ1) is 7.27. The normalized spacial score (nSPS) is 18.5. The molecule has 0 spiro atoms. The Morgan fingerprint density at radius 2 is 1.73 bits per heavy atom. The van der Waals surface area contributed by atoms with E-state index in [9.17, 15) is 4.79 Å². The van der Waals surface area contributed by atoms with Crippen molar-refractivity contribution in [3.63, 3.8) is 0 Å². The lowest BCUT2D eigenvalue weighted by Gasteiger charge is -2.34. The van der Waals surface area contributed by atoms with E-state index in [0.717, 1.165) is 39.0 Å². The molecule has 88 valence electrons. The molecule has 0 aromatic rings. The minimum atomic E-state index is 0.228. The Bertz CT molecular complexity index is 198. The topological polar surface area (TPSA) is 75.6 Å². The second kappa shape index (κ2) is 6.76. The fourth-order valence-electron chi connectivity index (χ4n) is 1.78. The molecule has 0 aromatic heterocycles. The summed E-state index contributed by atoms with van der Waals surface area (Å²) in [7, 11) is 0. The lowest BCUT2D eigenvalue weighted by Crippen LogP contribution is -2.51. The molecule has 15 heavy (non-hydrogen) atoms. The van der Waals surface area contributed by atoms with Crippen LogP contribution in [0, 0.1) is 0 Å². The second-order valence-electron chi connectivity index (χ2n) is 3.94. The van der Waals surface area contributed by atoms with E-state index in [-0.39, 0.29) is 5.91 Å². The van der Waals surface area contributed by atoms with Crippen LogP contribution in [0.25, 0.3) is 0 Å². The summed E-state index contributed by atoms with van der Waals surface area (Å²) in [5.41, 5.74) is 10.9. The van der Waals surface area contributed by atoms with Gasteiger partial charge in [-0.3, -0.25) is 9.69 Å². The highest BCUT2D eigenvalue weighted by atomic mass is 16.2. The van der Waals surface area contributed by atoms with Crippen LogP contribution in [0.4, 0.5) is 0 Å². The van der Waals surface area contributed by atoms with Gasteiger partial charge in [0, 0.05) is 19.6 Å². The molecule has 0 aromatic carbocycles. The predicted octanol–water partition coefficient (Wildman–Crippen LogP) is -1.17. The summed E-state index contributed by atoms with van der Waals surface area (Å²) >= 11 is 0. The third kappa shape index (κ3) is 4.15. The zero-order valence-corrected chi connectivity index (χ0v) is 9.32. The lowest BCUT2D eigenvalue weighted by atomic mass is 10.2. The number of nitrogens with two attached hydrogens (primary N) is 2. The van der Waals surface area contributed by atoms with Crippen molar-refractivity contribution in [2.24, 2.45) is 11.5 Å². The molecule has 1 amide bonds. The van der Waals surface area contributed by atoms with Crippen LogP contribution in [0.1, 0.15) is 12.8 Å². The van der Waals surface area contributed by atoms with E-state index in [4.69, 9.17) is 11.5 Å². The molecule has 0 atom stereocenters. The van der Waals surface area contributed by atoms with Crippen LogP contribution in [0.3, 0.4) is 0 Å².